The maximum atomic E-state index is 11.2. The van der Waals surface area contributed by atoms with Crippen LogP contribution in [0.25, 0.3) is 0 Å². The summed E-state index contributed by atoms with van der Waals surface area (Å²) < 4.78 is 4.90. The second kappa shape index (κ2) is 7.93. The number of nitrogens with one attached hydrogen (secondary N) is 1. The average molecular weight is 252 g/mol. The number of aromatic nitrogens is 1. The van der Waals surface area contributed by atoms with Gasteiger partial charge in [0.25, 0.3) is 0 Å². The highest BCUT2D eigenvalue weighted by molar-refractivity contribution is 5.69. The third-order valence-electron chi connectivity index (χ3n) is 2.78. The van der Waals surface area contributed by atoms with E-state index in [1.165, 1.54) is 5.56 Å². The van der Waals surface area contributed by atoms with Crippen LogP contribution in [0.5, 0.6) is 0 Å². The molecule has 0 aliphatic rings. The fourth-order valence-electron chi connectivity index (χ4n) is 1.85. The van der Waals surface area contributed by atoms with E-state index in [9.17, 15) is 4.79 Å². The number of carbonyl (C=O) groups is 1. The summed E-state index contributed by atoms with van der Waals surface area (Å²) >= 11 is 0. The number of aromatic amines is 1. The number of nitrogens with zero attached hydrogens (tertiary/aromatic N) is 1. The number of rotatable bonds is 8. The van der Waals surface area contributed by atoms with Gasteiger partial charge in [0.2, 0.25) is 0 Å². The topological polar surface area (TPSA) is 45.3 Å². The minimum absolute atomic E-state index is 0.124. The molecule has 1 aromatic heterocycles. The van der Waals surface area contributed by atoms with Gasteiger partial charge in [0.15, 0.2) is 0 Å². The number of ether oxygens (including phenoxy) is 1. The molecule has 1 N–H and O–H groups in total. The summed E-state index contributed by atoms with van der Waals surface area (Å²) in [5.41, 5.74) is 2.43. The van der Waals surface area contributed by atoms with Gasteiger partial charge in [0, 0.05) is 11.9 Å². The second-order valence-electron chi connectivity index (χ2n) is 4.75. The van der Waals surface area contributed by atoms with Crippen molar-refractivity contribution in [2.75, 3.05) is 27.2 Å². The van der Waals surface area contributed by atoms with Gasteiger partial charge in [-0.25, -0.2) is 0 Å². The molecule has 4 nitrogen and oxygen atoms in total. The number of hydrogen-bond donors (Lipinski definition) is 1. The highest BCUT2D eigenvalue weighted by atomic mass is 16.5. The normalized spacial score (nSPS) is 10.9. The Bertz CT molecular complexity index is 358. The average Bonchev–Trinajstić information content (AvgIpc) is 2.74. The first-order valence-corrected chi connectivity index (χ1v) is 6.58. The molecule has 0 unspecified atom stereocenters. The SMILES string of the molecule is CCOC(=O)CCc1cc(CCCN(C)C)c[nH]1. The van der Waals surface area contributed by atoms with Crippen LogP contribution in [-0.4, -0.2) is 43.1 Å². The molecule has 0 fully saturated rings. The maximum absolute atomic E-state index is 11.2. The Balaban J connectivity index is 2.27. The summed E-state index contributed by atoms with van der Waals surface area (Å²) in [6, 6.07) is 2.15. The fraction of sp³-hybridized carbons (Fsp3) is 0.643. The van der Waals surface area contributed by atoms with Crippen LogP contribution < -0.4 is 0 Å². The molecule has 1 rings (SSSR count). The van der Waals surface area contributed by atoms with Gasteiger partial charge in [-0.1, -0.05) is 0 Å². The largest absolute Gasteiger partial charge is 0.466 e. The van der Waals surface area contributed by atoms with Crippen LogP contribution in [0.2, 0.25) is 0 Å². The lowest BCUT2D eigenvalue weighted by Gasteiger charge is -2.07. The van der Waals surface area contributed by atoms with Crippen LogP contribution in [0.15, 0.2) is 12.3 Å². The van der Waals surface area contributed by atoms with Crippen molar-refractivity contribution in [2.24, 2.45) is 0 Å². The number of aryl methyl sites for hydroxylation is 2. The molecule has 0 atom stereocenters. The summed E-state index contributed by atoms with van der Waals surface area (Å²) in [5.74, 6) is -0.124. The third kappa shape index (κ3) is 5.87. The molecule has 0 spiro atoms. The molecular formula is C14H24N2O2. The lowest BCUT2D eigenvalue weighted by atomic mass is 10.1. The van der Waals surface area contributed by atoms with Crippen molar-refractivity contribution in [3.63, 3.8) is 0 Å². The Labute approximate surface area is 109 Å². The maximum Gasteiger partial charge on any atom is 0.306 e. The van der Waals surface area contributed by atoms with E-state index in [4.69, 9.17) is 4.74 Å². The van der Waals surface area contributed by atoms with Crippen LogP contribution >= 0.6 is 0 Å². The molecule has 0 radical (unpaired) electrons. The van der Waals surface area contributed by atoms with Crippen LogP contribution in [0.1, 0.15) is 31.0 Å². The van der Waals surface area contributed by atoms with Gasteiger partial charge in [0.1, 0.15) is 0 Å². The van der Waals surface area contributed by atoms with Crippen LogP contribution in [-0.2, 0) is 22.4 Å². The van der Waals surface area contributed by atoms with E-state index in [1.807, 2.05) is 13.1 Å². The quantitative estimate of drug-likeness (QED) is 0.720. The van der Waals surface area contributed by atoms with E-state index in [2.05, 4.69) is 30.0 Å². The van der Waals surface area contributed by atoms with Crippen molar-refractivity contribution in [1.82, 2.24) is 9.88 Å². The standard InChI is InChI=1S/C14H24N2O2/c1-4-18-14(17)8-7-13-10-12(11-15-13)6-5-9-16(2)3/h10-11,15H,4-9H2,1-3H3. The molecule has 0 aromatic carbocycles. The van der Waals surface area contributed by atoms with Crippen LogP contribution in [0, 0.1) is 0 Å². The molecule has 0 aliphatic heterocycles. The van der Waals surface area contributed by atoms with Gasteiger partial charge in [0.05, 0.1) is 13.0 Å². The zero-order valence-corrected chi connectivity index (χ0v) is 11.7. The van der Waals surface area contributed by atoms with Crippen molar-refractivity contribution in [1.29, 1.82) is 0 Å². The first-order chi connectivity index (χ1) is 8.61. The van der Waals surface area contributed by atoms with E-state index in [-0.39, 0.29) is 5.97 Å². The monoisotopic (exact) mass is 252 g/mol. The van der Waals surface area contributed by atoms with Crippen LogP contribution in [0.3, 0.4) is 0 Å². The van der Waals surface area contributed by atoms with Crippen LogP contribution in [0.4, 0.5) is 0 Å². The van der Waals surface area contributed by atoms with Crippen molar-refractivity contribution in [3.05, 3.63) is 23.5 Å². The summed E-state index contributed by atoms with van der Waals surface area (Å²) in [6.07, 6.45) is 5.45. The molecule has 102 valence electrons. The van der Waals surface area contributed by atoms with Crippen molar-refractivity contribution in [2.45, 2.75) is 32.6 Å². The van der Waals surface area contributed by atoms with Crippen molar-refractivity contribution in [3.8, 4) is 0 Å². The predicted octanol–water partition coefficient (Wildman–Crippen LogP) is 2.00. The molecule has 0 saturated carbocycles. The highest BCUT2D eigenvalue weighted by Crippen LogP contribution is 2.09. The Morgan fingerprint density at radius 2 is 2.17 bits per heavy atom. The smallest absolute Gasteiger partial charge is 0.306 e. The number of H-pyrrole nitrogens is 1. The minimum atomic E-state index is -0.124. The Kier molecular flexibility index (Phi) is 6.50. The fourth-order valence-corrected chi connectivity index (χ4v) is 1.85. The van der Waals surface area contributed by atoms with Crippen molar-refractivity contribution >= 4 is 5.97 Å². The Morgan fingerprint density at radius 1 is 1.39 bits per heavy atom. The molecule has 18 heavy (non-hydrogen) atoms. The number of hydrogen-bond acceptors (Lipinski definition) is 3. The second-order valence-corrected chi connectivity index (χ2v) is 4.75. The minimum Gasteiger partial charge on any atom is -0.466 e. The summed E-state index contributed by atoms with van der Waals surface area (Å²) in [5, 5.41) is 0. The summed E-state index contributed by atoms with van der Waals surface area (Å²) in [6.45, 7) is 3.39. The van der Waals surface area contributed by atoms with Gasteiger partial charge >= 0.3 is 5.97 Å². The third-order valence-corrected chi connectivity index (χ3v) is 2.78. The van der Waals surface area contributed by atoms with E-state index in [0.717, 1.165) is 31.5 Å². The van der Waals surface area contributed by atoms with E-state index in [1.54, 1.807) is 0 Å². The molecule has 1 heterocycles. The Morgan fingerprint density at radius 3 is 2.83 bits per heavy atom. The van der Waals surface area contributed by atoms with Crippen molar-refractivity contribution < 1.29 is 9.53 Å². The number of carbonyl (C=O) groups excluding carboxylic acids is 1. The predicted molar refractivity (Wildman–Crippen MR) is 72.6 cm³/mol. The lowest BCUT2D eigenvalue weighted by molar-refractivity contribution is -0.143. The molecule has 0 saturated heterocycles. The van der Waals surface area contributed by atoms with Gasteiger partial charge < -0.3 is 14.6 Å². The molecule has 1 aromatic rings. The van der Waals surface area contributed by atoms with Gasteiger partial charge in [-0.05, 0) is 58.5 Å². The molecule has 0 amide bonds. The first kappa shape index (κ1) is 14.8. The highest BCUT2D eigenvalue weighted by Gasteiger charge is 2.04. The van der Waals surface area contributed by atoms with Gasteiger partial charge in [-0.3, -0.25) is 4.79 Å². The van der Waals surface area contributed by atoms with Gasteiger partial charge in [-0.15, -0.1) is 0 Å². The Hall–Kier alpha value is -1.29. The lowest BCUT2D eigenvalue weighted by Crippen LogP contribution is -2.13. The molecule has 0 aliphatic carbocycles. The van der Waals surface area contributed by atoms with Gasteiger partial charge in [-0.2, -0.15) is 0 Å². The van der Waals surface area contributed by atoms with E-state index < -0.39 is 0 Å². The molecule has 0 bridgehead atoms. The summed E-state index contributed by atoms with van der Waals surface area (Å²) in [4.78, 5) is 16.6. The first-order valence-electron chi connectivity index (χ1n) is 6.58. The van der Waals surface area contributed by atoms with E-state index in [0.29, 0.717) is 13.0 Å². The zero-order valence-electron chi connectivity index (χ0n) is 11.7. The molecular weight excluding hydrogens is 228 g/mol. The summed E-state index contributed by atoms with van der Waals surface area (Å²) in [7, 11) is 4.17. The number of esters is 1. The molecule has 4 heteroatoms. The van der Waals surface area contributed by atoms with E-state index >= 15 is 0 Å². The zero-order chi connectivity index (χ0) is 13.4.